The molecule has 0 aliphatic heterocycles. The maximum Gasteiger partial charge on any atom is 0.305 e. The van der Waals surface area contributed by atoms with Crippen LogP contribution in [0, 0.1) is 0 Å². The highest BCUT2D eigenvalue weighted by Crippen LogP contribution is 2.40. The Balaban J connectivity index is 1.60. The van der Waals surface area contributed by atoms with Gasteiger partial charge in [0.1, 0.15) is 5.82 Å². The Labute approximate surface area is 145 Å². The van der Waals surface area contributed by atoms with Gasteiger partial charge in [-0.05, 0) is 44.2 Å². The molecule has 1 amide bonds. The van der Waals surface area contributed by atoms with Crippen molar-refractivity contribution >= 4 is 11.9 Å². The van der Waals surface area contributed by atoms with Crippen LogP contribution in [0.1, 0.15) is 60.9 Å². The van der Waals surface area contributed by atoms with Gasteiger partial charge in [0.25, 0.3) is 5.91 Å². The molecule has 2 aliphatic rings. The predicted molar refractivity (Wildman–Crippen MR) is 89.6 cm³/mol. The lowest BCUT2D eigenvalue weighted by molar-refractivity contribution is -0.139. The zero-order valence-corrected chi connectivity index (χ0v) is 13.8. The lowest BCUT2D eigenvalue weighted by atomic mass is 9.74. The molecule has 0 bridgehead atoms. The van der Waals surface area contributed by atoms with E-state index in [1.54, 1.807) is 4.68 Å². The first-order valence-corrected chi connectivity index (χ1v) is 8.63. The fourth-order valence-electron chi connectivity index (χ4n) is 3.32. The van der Waals surface area contributed by atoms with Crippen molar-refractivity contribution in [2.24, 2.45) is 0 Å². The molecule has 4 rings (SSSR count). The van der Waals surface area contributed by atoms with Crippen LogP contribution in [0.3, 0.4) is 0 Å². The van der Waals surface area contributed by atoms with E-state index in [1.165, 1.54) is 0 Å². The van der Waals surface area contributed by atoms with Crippen LogP contribution >= 0.6 is 0 Å². The van der Waals surface area contributed by atoms with Crippen molar-refractivity contribution in [1.82, 2.24) is 20.1 Å². The summed E-state index contributed by atoms with van der Waals surface area (Å²) >= 11 is 0. The van der Waals surface area contributed by atoms with Crippen LogP contribution < -0.4 is 5.32 Å². The highest BCUT2D eigenvalue weighted by Gasteiger charge is 2.41. The molecule has 0 saturated heterocycles. The Hall–Kier alpha value is -2.70. The van der Waals surface area contributed by atoms with E-state index in [1.807, 2.05) is 30.3 Å². The Morgan fingerprint density at radius 2 is 1.96 bits per heavy atom. The molecule has 2 aromatic rings. The van der Waals surface area contributed by atoms with E-state index in [0.29, 0.717) is 18.8 Å². The van der Waals surface area contributed by atoms with Gasteiger partial charge in [0, 0.05) is 5.92 Å². The molecule has 1 aromatic heterocycles. The van der Waals surface area contributed by atoms with Crippen LogP contribution in [0.4, 0.5) is 0 Å². The largest absolute Gasteiger partial charge is 0.481 e. The van der Waals surface area contributed by atoms with E-state index in [0.717, 1.165) is 30.8 Å². The molecule has 7 heteroatoms. The molecule has 0 unspecified atom stereocenters. The number of carbonyl (C=O) groups is 2. The molecule has 0 radical (unpaired) electrons. The summed E-state index contributed by atoms with van der Waals surface area (Å²) in [7, 11) is 0. The van der Waals surface area contributed by atoms with E-state index in [9.17, 15) is 9.59 Å². The van der Waals surface area contributed by atoms with Crippen LogP contribution in [0.25, 0.3) is 5.69 Å². The van der Waals surface area contributed by atoms with E-state index in [2.05, 4.69) is 15.4 Å². The van der Waals surface area contributed by atoms with Gasteiger partial charge in [-0.1, -0.05) is 18.2 Å². The third-order valence-corrected chi connectivity index (χ3v) is 4.96. The number of carboxylic acids is 1. The van der Waals surface area contributed by atoms with Crippen molar-refractivity contribution in [3.63, 3.8) is 0 Å². The van der Waals surface area contributed by atoms with E-state index >= 15 is 0 Å². The zero-order valence-electron chi connectivity index (χ0n) is 13.8. The number of hydrogen-bond donors (Lipinski definition) is 2. The number of nitrogens with one attached hydrogen (secondary N) is 1. The molecule has 2 aliphatic carbocycles. The molecule has 1 aromatic carbocycles. The molecule has 2 fully saturated rings. The van der Waals surface area contributed by atoms with Crippen molar-refractivity contribution in [3.8, 4) is 5.69 Å². The van der Waals surface area contributed by atoms with Crippen molar-refractivity contribution in [2.45, 2.75) is 50.0 Å². The summed E-state index contributed by atoms with van der Waals surface area (Å²) in [6.07, 6.45) is 4.32. The van der Waals surface area contributed by atoms with Crippen molar-refractivity contribution < 1.29 is 14.7 Å². The van der Waals surface area contributed by atoms with Gasteiger partial charge in [-0.2, -0.15) is 0 Å². The van der Waals surface area contributed by atoms with Gasteiger partial charge in [-0.25, -0.2) is 9.67 Å². The van der Waals surface area contributed by atoms with Crippen LogP contribution in [-0.2, 0) is 4.79 Å². The highest BCUT2D eigenvalue weighted by atomic mass is 16.4. The molecular weight excluding hydrogens is 320 g/mol. The lowest BCUT2D eigenvalue weighted by Crippen LogP contribution is -2.54. The Morgan fingerprint density at radius 3 is 2.52 bits per heavy atom. The molecular formula is C18H20N4O3. The first-order valence-electron chi connectivity index (χ1n) is 8.63. The highest BCUT2D eigenvalue weighted by molar-refractivity contribution is 5.91. The van der Waals surface area contributed by atoms with Gasteiger partial charge in [0.15, 0.2) is 0 Å². The summed E-state index contributed by atoms with van der Waals surface area (Å²) in [6.45, 7) is 0. The van der Waals surface area contributed by atoms with Crippen molar-refractivity contribution in [3.05, 3.63) is 42.0 Å². The van der Waals surface area contributed by atoms with E-state index in [4.69, 9.17) is 5.11 Å². The molecule has 130 valence electrons. The second-order valence-corrected chi connectivity index (χ2v) is 6.97. The van der Waals surface area contributed by atoms with Crippen molar-refractivity contribution in [2.75, 3.05) is 0 Å². The Bertz CT molecular complexity index is 807. The quantitative estimate of drug-likeness (QED) is 0.841. The number of nitrogens with zero attached hydrogens (tertiary/aromatic N) is 3. The first kappa shape index (κ1) is 15.8. The van der Waals surface area contributed by atoms with Gasteiger partial charge in [-0.15, -0.1) is 5.10 Å². The number of carboxylic acid groups (broad SMARTS) is 1. The van der Waals surface area contributed by atoms with Gasteiger partial charge in [0.05, 0.1) is 17.6 Å². The van der Waals surface area contributed by atoms with Gasteiger partial charge in [-0.3, -0.25) is 9.59 Å². The Morgan fingerprint density at radius 1 is 1.24 bits per heavy atom. The van der Waals surface area contributed by atoms with Crippen LogP contribution in [0.2, 0.25) is 0 Å². The van der Waals surface area contributed by atoms with E-state index < -0.39 is 17.4 Å². The van der Waals surface area contributed by atoms with E-state index in [-0.39, 0.29) is 12.2 Å². The average molecular weight is 340 g/mol. The fourth-order valence-corrected chi connectivity index (χ4v) is 3.32. The summed E-state index contributed by atoms with van der Waals surface area (Å²) in [4.78, 5) is 28.2. The van der Waals surface area contributed by atoms with Gasteiger partial charge >= 0.3 is 5.97 Å². The number of para-hydroxylation sites is 1. The average Bonchev–Trinajstić information content (AvgIpc) is 3.31. The van der Waals surface area contributed by atoms with Crippen molar-refractivity contribution in [1.29, 1.82) is 0 Å². The third-order valence-electron chi connectivity index (χ3n) is 4.96. The number of benzene rings is 1. The Kier molecular flexibility index (Phi) is 3.78. The standard InChI is InChI=1S/C18H20N4O3/c23-14(24)11-18(9-4-10-18)20-17(25)15-19-16(12-7-8-12)22(21-15)13-5-2-1-3-6-13/h1-3,5-6,12H,4,7-11H2,(H,20,25)(H,23,24). The summed E-state index contributed by atoms with van der Waals surface area (Å²) in [5, 5.41) is 16.4. The molecule has 0 atom stereocenters. The summed E-state index contributed by atoms with van der Waals surface area (Å²) < 4.78 is 1.73. The fraction of sp³-hybridized carbons (Fsp3) is 0.444. The SMILES string of the molecule is O=C(O)CC1(NC(=O)c2nc(C3CC3)n(-c3ccccc3)n2)CCC1. The zero-order chi connectivity index (χ0) is 17.4. The number of hydrogen-bond acceptors (Lipinski definition) is 4. The smallest absolute Gasteiger partial charge is 0.305 e. The number of rotatable bonds is 6. The monoisotopic (exact) mass is 340 g/mol. The summed E-state index contributed by atoms with van der Waals surface area (Å²) in [5.41, 5.74) is 0.223. The predicted octanol–water partition coefficient (Wildman–Crippen LogP) is 2.27. The molecule has 1 heterocycles. The number of aliphatic carboxylic acids is 1. The second-order valence-electron chi connectivity index (χ2n) is 6.97. The third kappa shape index (κ3) is 3.14. The van der Waals surface area contributed by atoms with Crippen LogP contribution in [-0.4, -0.2) is 37.3 Å². The maximum atomic E-state index is 12.6. The second kappa shape index (κ2) is 5.98. The lowest BCUT2D eigenvalue weighted by Gasteiger charge is -2.41. The molecule has 25 heavy (non-hydrogen) atoms. The summed E-state index contributed by atoms with van der Waals surface area (Å²) in [5.74, 6) is -0.0374. The molecule has 7 nitrogen and oxygen atoms in total. The normalized spacial score (nSPS) is 18.4. The van der Waals surface area contributed by atoms with Gasteiger partial charge in [0.2, 0.25) is 5.82 Å². The molecule has 0 spiro atoms. The van der Waals surface area contributed by atoms with Crippen LogP contribution in [0.15, 0.2) is 30.3 Å². The topological polar surface area (TPSA) is 97.1 Å². The maximum absolute atomic E-state index is 12.6. The minimum absolute atomic E-state index is 0.0619. The minimum Gasteiger partial charge on any atom is -0.481 e. The van der Waals surface area contributed by atoms with Gasteiger partial charge < -0.3 is 10.4 Å². The first-order chi connectivity index (χ1) is 12.1. The molecule has 2 saturated carbocycles. The minimum atomic E-state index is -0.901. The number of carbonyl (C=O) groups excluding carboxylic acids is 1. The molecule has 2 N–H and O–H groups in total. The number of aromatic nitrogens is 3. The number of amides is 1. The van der Waals surface area contributed by atoms with Crippen LogP contribution in [0.5, 0.6) is 0 Å². The summed E-state index contributed by atoms with van der Waals surface area (Å²) in [6, 6.07) is 9.63.